The number of rotatable bonds is 5. The Morgan fingerprint density at radius 2 is 1.90 bits per heavy atom. The van der Waals surface area contributed by atoms with Crippen molar-refractivity contribution in [2.24, 2.45) is 0 Å². The van der Waals surface area contributed by atoms with E-state index in [1.54, 1.807) is 0 Å². The number of hydrogen-bond donors (Lipinski definition) is 1. The molecule has 0 aliphatic rings. The maximum atomic E-state index is 14.3. The van der Waals surface area contributed by atoms with E-state index in [2.05, 4.69) is 10.4 Å². The van der Waals surface area contributed by atoms with Crippen molar-refractivity contribution in [3.8, 4) is 17.0 Å². The molecule has 3 aromatic rings. The molecule has 0 atom stereocenters. The quantitative estimate of drug-likeness (QED) is 0.638. The molecule has 0 unspecified atom stereocenters. The fourth-order valence-corrected chi connectivity index (χ4v) is 2.65. The highest BCUT2D eigenvalue weighted by Gasteiger charge is 2.30. The largest absolute Gasteiger partial charge is 0.497 e. The average Bonchev–Trinajstić information content (AvgIpc) is 2.69. The maximum absolute atomic E-state index is 14.3. The van der Waals surface area contributed by atoms with Crippen LogP contribution in [-0.4, -0.2) is 22.8 Å². The van der Waals surface area contributed by atoms with Gasteiger partial charge in [-0.05, 0) is 36.4 Å². The first kappa shape index (κ1) is 21.0. The zero-order valence-electron chi connectivity index (χ0n) is 15.5. The molecule has 1 aromatic heterocycles. The summed E-state index contributed by atoms with van der Waals surface area (Å²) in [7, 11) is 1.38. The summed E-state index contributed by atoms with van der Waals surface area (Å²) in [5, 5.41) is 6.27. The van der Waals surface area contributed by atoms with Crippen molar-refractivity contribution in [2.75, 3.05) is 12.4 Å². The first-order valence-corrected chi connectivity index (χ1v) is 8.56. The summed E-state index contributed by atoms with van der Waals surface area (Å²) in [6, 6.07) is 10.6. The number of alkyl halides is 3. The Morgan fingerprint density at radius 3 is 2.57 bits per heavy atom. The van der Waals surface area contributed by atoms with E-state index < -0.39 is 35.6 Å². The Kier molecular flexibility index (Phi) is 5.86. The zero-order chi connectivity index (χ0) is 21.9. The second-order valence-electron chi connectivity index (χ2n) is 6.19. The average molecular weight is 421 g/mol. The third kappa shape index (κ3) is 4.83. The molecule has 10 heteroatoms. The van der Waals surface area contributed by atoms with Crippen LogP contribution < -0.4 is 15.6 Å². The number of aromatic nitrogens is 2. The number of benzene rings is 2. The fourth-order valence-electron chi connectivity index (χ4n) is 2.65. The second kappa shape index (κ2) is 8.36. The van der Waals surface area contributed by atoms with Crippen LogP contribution in [0.3, 0.4) is 0 Å². The normalized spacial score (nSPS) is 11.2. The van der Waals surface area contributed by atoms with E-state index in [4.69, 9.17) is 4.74 Å². The lowest BCUT2D eigenvalue weighted by atomic mass is 10.1. The van der Waals surface area contributed by atoms with Gasteiger partial charge in [-0.1, -0.05) is 6.07 Å². The van der Waals surface area contributed by atoms with Gasteiger partial charge in [-0.15, -0.1) is 0 Å². The van der Waals surface area contributed by atoms with Crippen LogP contribution in [0, 0.1) is 5.82 Å². The van der Waals surface area contributed by atoms with Crippen LogP contribution in [0.15, 0.2) is 59.4 Å². The molecule has 0 saturated heterocycles. The van der Waals surface area contributed by atoms with Gasteiger partial charge in [0.25, 0.3) is 5.56 Å². The Balaban J connectivity index is 1.81. The molecule has 0 spiro atoms. The van der Waals surface area contributed by atoms with Crippen LogP contribution in [0.1, 0.15) is 5.56 Å². The van der Waals surface area contributed by atoms with Crippen LogP contribution in [0.5, 0.6) is 5.75 Å². The van der Waals surface area contributed by atoms with Crippen LogP contribution in [0.25, 0.3) is 11.3 Å². The van der Waals surface area contributed by atoms with Crippen molar-refractivity contribution >= 4 is 11.6 Å². The van der Waals surface area contributed by atoms with Crippen LogP contribution in [0.4, 0.5) is 23.2 Å². The molecule has 1 amide bonds. The Bertz CT molecular complexity index is 1140. The van der Waals surface area contributed by atoms with Gasteiger partial charge in [0.05, 0.1) is 18.4 Å². The van der Waals surface area contributed by atoms with E-state index in [0.29, 0.717) is 5.75 Å². The zero-order valence-corrected chi connectivity index (χ0v) is 15.5. The third-order valence-corrected chi connectivity index (χ3v) is 4.09. The van der Waals surface area contributed by atoms with Gasteiger partial charge in [0.1, 0.15) is 18.1 Å². The highest BCUT2D eigenvalue weighted by molar-refractivity contribution is 5.90. The summed E-state index contributed by atoms with van der Waals surface area (Å²) in [5.74, 6) is -1.11. The predicted octanol–water partition coefficient (Wildman–Crippen LogP) is 3.72. The van der Waals surface area contributed by atoms with Crippen LogP contribution >= 0.6 is 0 Å². The van der Waals surface area contributed by atoms with Gasteiger partial charge in [-0.3, -0.25) is 9.59 Å². The lowest BCUT2D eigenvalue weighted by Crippen LogP contribution is -2.29. The number of hydrogen-bond acceptors (Lipinski definition) is 4. The minimum Gasteiger partial charge on any atom is -0.497 e. The number of anilines is 1. The topological polar surface area (TPSA) is 73.2 Å². The number of nitrogens with zero attached hydrogens (tertiary/aromatic N) is 2. The van der Waals surface area contributed by atoms with Crippen molar-refractivity contribution in [1.29, 1.82) is 0 Å². The van der Waals surface area contributed by atoms with Crippen molar-refractivity contribution < 1.29 is 27.1 Å². The molecule has 3 rings (SSSR count). The summed E-state index contributed by atoms with van der Waals surface area (Å²) in [4.78, 5) is 24.2. The highest BCUT2D eigenvalue weighted by atomic mass is 19.4. The monoisotopic (exact) mass is 421 g/mol. The van der Waals surface area contributed by atoms with Crippen molar-refractivity contribution in [3.63, 3.8) is 0 Å². The summed E-state index contributed by atoms with van der Waals surface area (Å²) < 4.78 is 58.3. The van der Waals surface area contributed by atoms with Gasteiger partial charge in [0.15, 0.2) is 0 Å². The molecule has 2 aromatic carbocycles. The van der Waals surface area contributed by atoms with E-state index in [0.717, 1.165) is 35.0 Å². The molecule has 30 heavy (non-hydrogen) atoms. The lowest BCUT2D eigenvalue weighted by Gasteiger charge is -2.11. The molecule has 0 saturated carbocycles. The molecule has 1 N–H and O–H groups in total. The van der Waals surface area contributed by atoms with Gasteiger partial charge in [-0.25, -0.2) is 9.07 Å². The van der Waals surface area contributed by atoms with Crippen LogP contribution in [0.2, 0.25) is 0 Å². The summed E-state index contributed by atoms with van der Waals surface area (Å²) in [6.45, 7) is -0.569. The molecule has 0 fully saturated rings. The smallest absolute Gasteiger partial charge is 0.416 e. The molecule has 6 nitrogen and oxygen atoms in total. The predicted molar refractivity (Wildman–Crippen MR) is 101 cm³/mol. The molecule has 0 aliphatic carbocycles. The summed E-state index contributed by atoms with van der Waals surface area (Å²) in [5.41, 5.74) is -1.45. The number of halogens is 4. The molecule has 0 bridgehead atoms. The van der Waals surface area contributed by atoms with Gasteiger partial charge in [0, 0.05) is 23.4 Å². The number of carbonyl (C=O) groups excluding carboxylic acids is 1. The van der Waals surface area contributed by atoms with E-state index in [-0.39, 0.29) is 16.9 Å². The van der Waals surface area contributed by atoms with Crippen LogP contribution in [-0.2, 0) is 17.5 Å². The molecular formula is C20H15F4N3O3. The maximum Gasteiger partial charge on any atom is 0.416 e. The number of carbonyl (C=O) groups is 1. The number of amides is 1. The fraction of sp³-hybridized carbons (Fsp3) is 0.150. The number of ether oxygens (including phenoxy) is 1. The van der Waals surface area contributed by atoms with Crippen molar-refractivity contribution in [3.05, 3.63) is 76.3 Å². The third-order valence-electron chi connectivity index (χ3n) is 4.09. The van der Waals surface area contributed by atoms with Crippen molar-refractivity contribution in [2.45, 2.75) is 12.7 Å². The molecular weight excluding hydrogens is 406 g/mol. The minimum absolute atomic E-state index is 0.0831. The summed E-state index contributed by atoms with van der Waals surface area (Å²) >= 11 is 0. The van der Waals surface area contributed by atoms with Gasteiger partial charge in [0.2, 0.25) is 5.91 Å². The number of methoxy groups -OCH3 is 1. The lowest BCUT2D eigenvalue weighted by molar-refractivity contribution is -0.137. The first-order chi connectivity index (χ1) is 14.2. The van der Waals surface area contributed by atoms with Crippen molar-refractivity contribution in [1.82, 2.24) is 9.78 Å². The Morgan fingerprint density at radius 1 is 1.13 bits per heavy atom. The Labute approximate surface area is 167 Å². The van der Waals surface area contributed by atoms with E-state index in [9.17, 15) is 27.2 Å². The van der Waals surface area contributed by atoms with E-state index >= 15 is 0 Å². The molecule has 156 valence electrons. The SMILES string of the molecule is COc1ccc(-c2ccc(=O)n(CC(=O)Nc3cccc(C(F)(F)F)c3)n2)c(F)c1. The minimum atomic E-state index is -4.56. The van der Waals surface area contributed by atoms with E-state index in [1.165, 1.54) is 31.4 Å². The highest BCUT2D eigenvalue weighted by Crippen LogP contribution is 2.30. The molecule has 0 radical (unpaired) electrons. The standard InChI is InChI=1S/C20H15F4N3O3/c1-30-14-5-6-15(16(21)10-14)17-7-8-19(29)27(26-17)11-18(28)25-13-4-2-3-12(9-13)20(22,23)24/h2-10H,11H2,1H3,(H,25,28). The first-order valence-electron chi connectivity index (χ1n) is 8.56. The molecule has 1 heterocycles. The molecule has 0 aliphatic heterocycles. The van der Waals surface area contributed by atoms with Gasteiger partial charge in [-0.2, -0.15) is 18.3 Å². The van der Waals surface area contributed by atoms with E-state index in [1.807, 2.05) is 0 Å². The summed E-state index contributed by atoms with van der Waals surface area (Å²) in [6.07, 6.45) is -4.56. The van der Waals surface area contributed by atoms with Gasteiger partial charge >= 0.3 is 6.18 Å². The Hall–Kier alpha value is -3.69. The number of nitrogens with one attached hydrogen (secondary N) is 1. The van der Waals surface area contributed by atoms with Gasteiger partial charge < -0.3 is 10.1 Å². The second-order valence-corrected chi connectivity index (χ2v) is 6.19.